The SMILES string of the molecule is COc1cccc(CNS(=O)(=O)c2cc(-c3nc(-c4ccc(Cl)cc4)no3)cs2)c1. The lowest BCUT2D eigenvalue weighted by Gasteiger charge is -2.06. The van der Waals surface area contributed by atoms with Crippen LogP contribution in [0.4, 0.5) is 0 Å². The number of benzene rings is 2. The Bertz CT molecular complexity index is 1270. The van der Waals surface area contributed by atoms with Crippen LogP contribution in [0.15, 0.2) is 68.7 Å². The number of nitrogens with one attached hydrogen (secondary N) is 1. The molecule has 1 N–H and O–H groups in total. The van der Waals surface area contributed by atoms with E-state index in [0.717, 1.165) is 22.5 Å². The maximum absolute atomic E-state index is 12.7. The van der Waals surface area contributed by atoms with Crippen LogP contribution in [0.1, 0.15) is 5.56 Å². The monoisotopic (exact) mass is 461 g/mol. The Kier molecular flexibility index (Phi) is 5.87. The topological polar surface area (TPSA) is 94.3 Å². The fourth-order valence-corrected chi connectivity index (χ4v) is 5.00. The summed E-state index contributed by atoms with van der Waals surface area (Å²) in [4.78, 5) is 4.35. The Morgan fingerprint density at radius 1 is 1.13 bits per heavy atom. The molecule has 0 aliphatic rings. The molecule has 0 fully saturated rings. The van der Waals surface area contributed by atoms with Gasteiger partial charge in [0, 0.05) is 22.5 Å². The van der Waals surface area contributed by atoms with Crippen LogP contribution in [-0.4, -0.2) is 25.7 Å². The number of methoxy groups -OCH3 is 1. The Morgan fingerprint density at radius 3 is 2.70 bits per heavy atom. The van der Waals surface area contributed by atoms with E-state index in [9.17, 15) is 8.42 Å². The number of aromatic nitrogens is 2. The van der Waals surface area contributed by atoms with Crippen LogP contribution in [0.3, 0.4) is 0 Å². The summed E-state index contributed by atoms with van der Waals surface area (Å²) >= 11 is 6.97. The van der Waals surface area contributed by atoms with Crippen molar-refractivity contribution in [2.75, 3.05) is 7.11 Å². The van der Waals surface area contributed by atoms with Crippen molar-refractivity contribution in [3.05, 3.63) is 70.6 Å². The van der Waals surface area contributed by atoms with Gasteiger partial charge in [0.15, 0.2) is 0 Å². The molecule has 0 aliphatic heterocycles. The van der Waals surface area contributed by atoms with Crippen molar-refractivity contribution < 1.29 is 17.7 Å². The van der Waals surface area contributed by atoms with Crippen molar-refractivity contribution >= 4 is 33.0 Å². The minimum Gasteiger partial charge on any atom is -0.497 e. The van der Waals surface area contributed by atoms with Gasteiger partial charge in [0.1, 0.15) is 9.96 Å². The first-order chi connectivity index (χ1) is 14.4. The largest absolute Gasteiger partial charge is 0.497 e. The average Bonchev–Trinajstić information content (AvgIpc) is 3.43. The molecule has 2 aromatic heterocycles. The highest BCUT2D eigenvalue weighted by atomic mass is 35.5. The second-order valence-electron chi connectivity index (χ2n) is 6.26. The molecule has 0 saturated carbocycles. The van der Waals surface area contributed by atoms with E-state index in [-0.39, 0.29) is 16.6 Å². The van der Waals surface area contributed by atoms with E-state index in [1.165, 1.54) is 6.07 Å². The van der Waals surface area contributed by atoms with Gasteiger partial charge in [-0.15, -0.1) is 11.3 Å². The summed E-state index contributed by atoms with van der Waals surface area (Å²) in [7, 11) is -2.13. The molecular formula is C20H16ClN3O4S2. The third-order valence-corrected chi connectivity index (χ3v) is 7.31. The zero-order valence-electron chi connectivity index (χ0n) is 15.7. The molecule has 4 rings (SSSR count). The lowest BCUT2D eigenvalue weighted by atomic mass is 10.2. The van der Waals surface area contributed by atoms with E-state index < -0.39 is 10.0 Å². The van der Waals surface area contributed by atoms with Gasteiger partial charge in [0.2, 0.25) is 15.8 Å². The van der Waals surface area contributed by atoms with Crippen LogP contribution in [0.2, 0.25) is 5.02 Å². The highest BCUT2D eigenvalue weighted by Gasteiger charge is 2.20. The van der Waals surface area contributed by atoms with Crippen molar-refractivity contribution in [3.8, 4) is 28.6 Å². The normalized spacial score (nSPS) is 11.5. The van der Waals surface area contributed by atoms with Crippen molar-refractivity contribution in [2.24, 2.45) is 0 Å². The standard InChI is InChI=1S/C20H16ClN3O4S2/c1-27-17-4-2-3-13(9-17)11-22-30(25,26)18-10-15(12-29-18)20-23-19(24-28-20)14-5-7-16(21)8-6-14/h2-10,12,22H,11H2,1H3. The Labute approximate surface area is 182 Å². The molecule has 0 atom stereocenters. The Balaban J connectivity index is 1.49. The molecule has 4 aromatic rings. The number of ether oxygens (including phenoxy) is 1. The van der Waals surface area contributed by atoms with Crippen LogP contribution >= 0.6 is 22.9 Å². The molecule has 7 nitrogen and oxygen atoms in total. The smallest absolute Gasteiger partial charge is 0.259 e. The maximum atomic E-state index is 12.7. The van der Waals surface area contributed by atoms with Gasteiger partial charge < -0.3 is 9.26 Å². The van der Waals surface area contributed by atoms with E-state index >= 15 is 0 Å². The predicted octanol–water partition coefficient (Wildman–Crippen LogP) is 4.61. The number of hydrogen-bond donors (Lipinski definition) is 1. The van der Waals surface area contributed by atoms with Crippen LogP contribution in [-0.2, 0) is 16.6 Å². The summed E-state index contributed by atoms with van der Waals surface area (Å²) in [5, 5.41) is 6.23. The van der Waals surface area contributed by atoms with Gasteiger partial charge in [-0.25, -0.2) is 13.1 Å². The van der Waals surface area contributed by atoms with Crippen molar-refractivity contribution in [3.63, 3.8) is 0 Å². The second-order valence-corrected chi connectivity index (χ2v) is 9.60. The molecule has 0 radical (unpaired) electrons. The fourth-order valence-electron chi connectivity index (χ4n) is 2.66. The second kappa shape index (κ2) is 8.57. The van der Waals surface area contributed by atoms with E-state index in [1.54, 1.807) is 55.0 Å². The number of halogens is 1. The Morgan fingerprint density at radius 2 is 1.93 bits per heavy atom. The van der Waals surface area contributed by atoms with Gasteiger partial charge in [-0.05, 0) is 48.0 Å². The molecule has 0 amide bonds. The molecule has 0 unspecified atom stereocenters. The van der Waals surface area contributed by atoms with E-state index in [0.29, 0.717) is 22.2 Å². The molecule has 30 heavy (non-hydrogen) atoms. The van der Waals surface area contributed by atoms with E-state index in [4.69, 9.17) is 20.9 Å². The molecular weight excluding hydrogens is 446 g/mol. The van der Waals surface area contributed by atoms with Gasteiger partial charge in [-0.1, -0.05) is 28.9 Å². The molecule has 0 aliphatic carbocycles. The van der Waals surface area contributed by atoms with Crippen LogP contribution < -0.4 is 9.46 Å². The quantitative estimate of drug-likeness (QED) is 0.432. The number of hydrogen-bond acceptors (Lipinski definition) is 7. The Hall–Kier alpha value is -2.72. The molecule has 2 aromatic carbocycles. The third kappa shape index (κ3) is 4.54. The average molecular weight is 462 g/mol. The van der Waals surface area contributed by atoms with Crippen LogP contribution in [0.25, 0.3) is 22.8 Å². The van der Waals surface area contributed by atoms with Crippen molar-refractivity contribution in [1.82, 2.24) is 14.9 Å². The fraction of sp³-hybridized carbons (Fsp3) is 0.100. The minimum atomic E-state index is -3.69. The van der Waals surface area contributed by atoms with Gasteiger partial charge in [0.25, 0.3) is 5.89 Å². The lowest BCUT2D eigenvalue weighted by Crippen LogP contribution is -2.22. The van der Waals surface area contributed by atoms with Crippen molar-refractivity contribution in [2.45, 2.75) is 10.8 Å². The summed E-state index contributed by atoms with van der Waals surface area (Å²) in [6.45, 7) is 0.147. The maximum Gasteiger partial charge on any atom is 0.259 e. The molecule has 2 heterocycles. The van der Waals surface area contributed by atoms with Crippen molar-refractivity contribution in [1.29, 1.82) is 0 Å². The van der Waals surface area contributed by atoms with Gasteiger partial charge >= 0.3 is 0 Å². The van der Waals surface area contributed by atoms with Crippen LogP contribution in [0.5, 0.6) is 5.75 Å². The highest BCUT2D eigenvalue weighted by molar-refractivity contribution is 7.91. The first-order valence-electron chi connectivity index (χ1n) is 8.76. The summed E-state index contributed by atoms with van der Waals surface area (Å²) < 4.78 is 38.5. The number of thiophene rings is 1. The molecule has 0 saturated heterocycles. The van der Waals surface area contributed by atoms with Gasteiger partial charge in [-0.3, -0.25) is 0 Å². The number of sulfonamides is 1. The lowest BCUT2D eigenvalue weighted by molar-refractivity contribution is 0.414. The van der Waals surface area contributed by atoms with Gasteiger partial charge in [-0.2, -0.15) is 4.98 Å². The number of nitrogens with zero attached hydrogens (tertiary/aromatic N) is 2. The minimum absolute atomic E-state index is 0.147. The predicted molar refractivity (Wildman–Crippen MR) is 115 cm³/mol. The zero-order valence-corrected chi connectivity index (χ0v) is 18.1. The third-order valence-electron chi connectivity index (χ3n) is 4.22. The molecule has 0 spiro atoms. The first kappa shape index (κ1) is 20.5. The van der Waals surface area contributed by atoms with Crippen LogP contribution in [0, 0.1) is 0 Å². The first-order valence-corrected chi connectivity index (χ1v) is 11.5. The molecule has 10 heteroatoms. The number of rotatable bonds is 7. The summed E-state index contributed by atoms with van der Waals surface area (Å²) in [5.41, 5.74) is 2.08. The molecule has 154 valence electrons. The highest BCUT2D eigenvalue weighted by Crippen LogP contribution is 2.29. The summed E-state index contributed by atoms with van der Waals surface area (Å²) in [6.07, 6.45) is 0. The van der Waals surface area contributed by atoms with E-state index in [1.807, 2.05) is 6.07 Å². The van der Waals surface area contributed by atoms with E-state index in [2.05, 4.69) is 14.9 Å². The summed E-state index contributed by atoms with van der Waals surface area (Å²) in [5.74, 6) is 1.30. The molecule has 0 bridgehead atoms. The van der Waals surface area contributed by atoms with Gasteiger partial charge in [0.05, 0.1) is 12.7 Å². The summed E-state index contributed by atoms with van der Waals surface area (Å²) in [6, 6.07) is 15.7. The zero-order chi connectivity index (χ0) is 21.1.